The molecule has 100 valence electrons. The van der Waals surface area contributed by atoms with Crippen molar-refractivity contribution in [1.82, 2.24) is 15.5 Å². The number of hydrogen-bond acceptors (Lipinski definition) is 5. The predicted molar refractivity (Wildman–Crippen MR) is 69.4 cm³/mol. The first kappa shape index (κ1) is 12.0. The maximum atomic E-state index is 5.77. The molecule has 1 saturated heterocycles. The minimum atomic E-state index is 0.511. The molecule has 1 aliphatic heterocycles. The van der Waals surface area contributed by atoms with Gasteiger partial charge in [-0.3, -0.25) is 0 Å². The van der Waals surface area contributed by atoms with Crippen LogP contribution >= 0.6 is 0 Å². The maximum Gasteiger partial charge on any atom is 0.318 e. The van der Waals surface area contributed by atoms with Gasteiger partial charge in [0.25, 0.3) is 0 Å². The van der Waals surface area contributed by atoms with Gasteiger partial charge in [0.1, 0.15) is 0 Å². The molecule has 2 heterocycles. The van der Waals surface area contributed by atoms with Crippen molar-refractivity contribution in [2.75, 3.05) is 11.4 Å². The largest absolute Gasteiger partial charge is 0.407 e. The second-order valence-electron chi connectivity index (χ2n) is 5.53. The predicted octanol–water partition coefficient (Wildman–Crippen LogP) is 2.09. The second kappa shape index (κ2) is 5.26. The number of rotatable bonds is 4. The van der Waals surface area contributed by atoms with Gasteiger partial charge >= 0.3 is 6.01 Å². The highest BCUT2D eigenvalue weighted by atomic mass is 16.4. The number of anilines is 1. The van der Waals surface area contributed by atoms with Crippen molar-refractivity contribution >= 4 is 6.01 Å². The number of nitrogens with zero attached hydrogens (tertiary/aromatic N) is 3. The van der Waals surface area contributed by atoms with Crippen LogP contribution in [0, 0.1) is 0 Å². The summed E-state index contributed by atoms with van der Waals surface area (Å²) in [7, 11) is 0. The summed E-state index contributed by atoms with van der Waals surface area (Å²) in [6.45, 7) is 4.00. The van der Waals surface area contributed by atoms with Gasteiger partial charge in [-0.25, -0.2) is 0 Å². The highest BCUT2D eigenvalue weighted by molar-refractivity contribution is 5.26. The zero-order valence-corrected chi connectivity index (χ0v) is 11.1. The molecule has 0 bridgehead atoms. The first-order valence-electron chi connectivity index (χ1n) is 7.15. The molecule has 2 fully saturated rings. The van der Waals surface area contributed by atoms with Gasteiger partial charge in [0, 0.05) is 18.6 Å². The normalized spacial score (nSPS) is 25.2. The van der Waals surface area contributed by atoms with Gasteiger partial charge < -0.3 is 14.6 Å². The average Bonchev–Trinajstić information content (AvgIpc) is 3.13. The lowest BCUT2D eigenvalue weighted by Gasteiger charge is -2.24. The van der Waals surface area contributed by atoms with Crippen molar-refractivity contribution in [2.45, 2.75) is 64.1 Å². The molecular weight excluding hydrogens is 228 g/mol. The summed E-state index contributed by atoms with van der Waals surface area (Å²) >= 11 is 0. The molecule has 1 saturated carbocycles. The molecule has 1 aliphatic carbocycles. The molecule has 0 radical (unpaired) electrons. The molecule has 0 amide bonds. The molecule has 5 nitrogen and oxygen atoms in total. The summed E-state index contributed by atoms with van der Waals surface area (Å²) in [5.41, 5.74) is 0. The molecule has 1 atom stereocenters. The molecule has 2 aliphatic rings. The van der Waals surface area contributed by atoms with Crippen LogP contribution in [0.2, 0.25) is 0 Å². The smallest absolute Gasteiger partial charge is 0.318 e. The van der Waals surface area contributed by atoms with Gasteiger partial charge in [0.2, 0.25) is 5.89 Å². The van der Waals surface area contributed by atoms with E-state index in [9.17, 15) is 0 Å². The Balaban J connectivity index is 1.62. The van der Waals surface area contributed by atoms with Gasteiger partial charge in [0.05, 0.1) is 6.54 Å². The minimum absolute atomic E-state index is 0.511. The fourth-order valence-corrected chi connectivity index (χ4v) is 2.51. The van der Waals surface area contributed by atoms with Crippen LogP contribution in [0.4, 0.5) is 6.01 Å². The van der Waals surface area contributed by atoms with E-state index in [0.717, 1.165) is 6.54 Å². The molecule has 0 aromatic carbocycles. The Labute approximate surface area is 108 Å². The van der Waals surface area contributed by atoms with Crippen molar-refractivity contribution in [3.63, 3.8) is 0 Å². The fraction of sp³-hybridized carbons (Fsp3) is 0.846. The van der Waals surface area contributed by atoms with Gasteiger partial charge in [-0.2, -0.15) is 0 Å². The van der Waals surface area contributed by atoms with Crippen LogP contribution in [0.3, 0.4) is 0 Å². The lowest BCUT2D eigenvalue weighted by molar-refractivity contribution is 0.447. The van der Waals surface area contributed by atoms with E-state index >= 15 is 0 Å². The summed E-state index contributed by atoms with van der Waals surface area (Å²) in [4.78, 5) is 2.26. The Morgan fingerprint density at radius 3 is 2.94 bits per heavy atom. The van der Waals surface area contributed by atoms with Crippen LogP contribution in [-0.2, 0) is 6.54 Å². The fourth-order valence-electron chi connectivity index (χ4n) is 2.51. The zero-order valence-electron chi connectivity index (χ0n) is 11.1. The molecule has 5 heteroatoms. The first-order valence-corrected chi connectivity index (χ1v) is 7.15. The molecule has 1 unspecified atom stereocenters. The second-order valence-corrected chi connectivity index (χ2v) is 5.53. The van der Waals surface area contributed by atoms with Crippen LogP contribution < -0.4 is 10.2 Å². The van der Waals surface area contributed by atoms with E-state index in [2.05, 4.69) is 27.3 Å². The van der Waals surface area contributed by atoms with Gasteiger partial charge in [-0.15, -0.1) is 5.10 Å². The third kappa shape index (κ3) is 2.83. The topological polar surface area (TPSA) is 54.2 Å². The Morgan fingerprint density at radius 1 is 1.22 bits per heavy atom. The van der Waals surface area contributed by atoms with Crippen LogP contribution in [0.1, 0.15) is 51.3 Å². The Hall–Kier alpha value is -1.10. The maximum absolute atomic E-state index is 5.77. The summed E-state index contributed by atoms with van der Waals surface area (Å²) in [5.74, 6) is 0.716. The van der Waals surface area contributed by atoms with Crippen molar-refractivity contribution in [3.05, 3.63) is 5.89 Å². The third-order valence-electron chi connectivity index (χ3n) is 3.87. The Kier molecular flexibility index (Phi) is 3.50. The van der Waals surface area contributed by atoms with E-state index in [1.165, 1.54) is 38.5 Å². The summed E-state index contributed by atoms with van der Waals surface area (Å²) in [5, 5.41) is 11.7. The van der Waals surface area contributed by atoms with Gasteiger partial charge in [-0.1, -0.05) is 17.9 Å². The van der Waals surface area contributed by atoms with E-state index in [1.54, 1.807) is 0 Å². The van der Waals surface area contributed by atoms with Crippen LogP contribution in [0.15, 0.2) is 4.42 Å². The number of hydrogen-bond donors (Lipinski definition) is 1. The molecule has 1 aromatic heterocycles. The molecule has 1 N–H and O–H groups in total. The highest BCUT2D eigenvalue weighted by Gasteiger charge is 2.24. The van der Waals surface area contributed by atoms with Crippen molar-refractivity contribution in [3.8, 4) is 0 Å². The summed E-state index contributed by atoms with van der Waals surface area (Å²) in [6.07, 6.45) is 7.63. The highest BCUT2D eigenvalue weighted by Crippen LogP contribution is 2.23. The molecule has 1 aromatic rings. The quantitative estimate of drug-likeness (QED) is 0.886. The van der Waals surface area contributed by atoms with Crippen molar-refractivity contribution < 1.29 is 4.42 Å². The molecule has 18 heavy (non-hydrogen) atoms. The lowest BCUT2D eigenvalue weighted by atomic mass is 10.1. The van der Waals surface area contributed by atoms with Crippen molar-refractivity contribution in [2.24, 2.45) is 0 Å². The van der Waals surface area contributed by atoms with Crippen LogP contribution in [-0.4, -0.2) is 28.8 Å². The van der Waals surface area contributed by atoms with Gasteiger partial charge in [-0.05, 0) is 32.6 Å². The Bertz CT molecular complexity index is 388. The van der Waals surface area contributed by atoms with E-state index in [-0.39, 0.29) is 0 Å². The minimum Gasteiger partial charge on any atom is -0.407 e. The van der Waals surface area contributed by atoms with E-state index in [0.29, 0.717) is 30.5 Å². The van der Waals surface area contributed by atoms with Crippen LogP contribution in [0.5, 0.6) is 0 Å². The molecule has 0 spiro atoms. The monoisotopic (exact) mass is 250 g/mol. The summed E-state index contributed by atoms with van der Waals surface area (Å²) < 4.78 is 5.77. The van der Waals surface area contributed by atoms with Gasteiger partial charge in [0.15, 0.2) is 0 Å². The SMILES string of the molecule is CC1CCCCCN1c1nnc(CNC2CC2)o1. The zero-order chi connectivity index (χ0) is 12.4. The summed E-state index contributed by atoms with van der Waals surface area (Å²) in [6, 6.07) is 1.90. The molecule has 3 rings (SSSR count). The average molecular weight is 250 g/mol. The number of nitrogens with one attached hydrogen (secondary N) is 1. The standard InChI is InChI=1S/C13H22N4O/c1-10-5-3-2-4-8-17(10)13-16-15-12(18-13)9-14-11-6-7-11/h10-11,14H,2-9H2,1H3. The Morgan fingerprint density at radius 2 is 2.11 bits per heavy atom. The van der Waals surface area contributed by atoms with E-state index < -0.39 is 0 Å². The molecular formula is C13H22N4O. The number of aromatic nitrogens is 2. The van der Waals surface area contributed by atoms with E-state index in [1.807, 2.05) is 0 Å². The van der Waals surface area contributed by atoms with E-state index in [4.69, 9.17) is 4.42 Å². The lowest BCUT2D eigenvalue weighted by Crippen LogP contribution is -2.32. The third-order valence-corrected chi connectivity index (χ3v) is 3.87. The van der Waals surface area contributed by atoms with Crippen LogP contribution in [0.25, 0.3) is 0 Å². The van der Waals surface area contributed by atoms with Crippen molar-refractivity contribution in [1.29, 1.82) is 0 Å². The first-order chi connectivity index (χ1) is 8.83.